The number of aryl methyl sites for hydroxylation is 1. The van der Waals surface area contributed by atoms with Crippen LogP contribution in [0.2, 0.25) is 0 Å². The lowest BCUT2D eigenvalue weighted by atomic mass is 9.92. The van der Waals surface area contributed by atoms with Crippen LogP contribution in [-0.4, -0.2) is 29.4 Å². The minimum Gasteiger partial charge on any atom is -0.469 e. The second-order valence-electron chi connectivity index (χ2n) is 6.61. The van der Waals surface area contributed by atoms with Gasteiger partial charge >= 0.3 is 0 Å². The third-order valence-electron chi connectivity index (χ3n) is 4.62. The lowest BCUT2D eigenvalue weighted by Crippen LogP contribution is -2.34. The fraction of sp³-hybridized carbons (Fsp3) is 0.273. The average Bonchev–Trinajstić information content (AvgIpc) is 3.18. The molecular formula is C22H24N2O2. The third kappa shape index (κ3) is 4.60. The minimum atomic E-state index is -0.246. The van der Waals surface area contributed by atoms with Gasteiger partial charge in [0.15, 0.2) is 0 Å². The van der Waals surface area contributed by atoms with E-state index in [-0.39, 0.29) is 11.8 Å². The molecule has 4 nitrogen and oxygen atoms in total. The molecule has 2 aromatic heterocycles. The van der Waals surface area contributed by atoms with Crippen molar-refractivity contribution in [3.05, 3.63) is 89.6 Å². The van der Waals surface area contributed by atoms with Crippen molar-refractivity contribution in [1.82, 2.24) is 9.88 Å². The number of furan rings is 1. The van der Waals surface area contributed by atoms with Crippen molar-refractivity contribution in [2.45, 2.75) is 25.7 Å². The van der Waals surface area contributed by atoms with E-state index in [1.54, 1.807) is 18.7 Å². The van der Waals surface area contributed by atoms with Crippen molar-refractivity contribution in [3.63, 3.8) is 0 Å². The van der Waals surface area contributed by atoms with Crippen LogP contribution in [0, 0.1) is 6.92 Å². The second-order valence-corrected chi connectivity index (χ2v) is 6.61. The zero-order chi connectivity index (χ0) is 18.4. The zero-order valence-corrected chi connectivity index (χ0v) is 15.3. The molecule has 134 valence electrons. The molecular weight excluding hydrogens is 324 g/mol. The summed E-state index contributed by atoms with van der Waals surface area (Å²) in [6.45, 7) is 2.72. The molecule has 0 radical (unpaired) electrons. The first-order chi connectivity index (χ1) is 12.6. The Hall–Kier alpha value is -2.88. The molecule has 1 amide bonds. The quantitative estimate of drug-likeness (QED) is 0.648. The van der Waals surface area contributed by atoms with Crippen molar-refractivity contribution in [2.24, 2.45) is 0 Å². The Morgan fingerprint density at radius 2 is 1.85 bits per heavy atom. The van der Waals surface area contributed by atoms with Gasteiger partial charge in [0, 0.05) is 32.4 Å². The van der Waals surface area contributed by atoms with Crippen LogP contribution in [-0.2, 0) is 17.6 Å². The van der Waals surface area contributed by atoms with Gasteiger partial charge < -0.3 is 9.32 Å². The van der Waals surface area contributed by atoms with E-state index < -0.39 is 0 Å². The van der Waals surface area contributed by atoms with Crippen molar-refractivity contribution in [3.8, 4) is 0 Å². The summed E-state index contributed by atoms with van der Waals surface area (Å²) < 4.78 is 5.49. The summed E-state index contributed by atoms with van der Waals surface area (Å²) in [5.74, 6) is 0.690. The molecule has 0 aliphatic rings. The van der Waals surface area contributed by atoms with Crippen LogP contribution in [0.4, 0.5) is 0 Å². The Kier molecular flexibility index (Phi) is 5.84. The number of hydrogen-bond donors (Lipinski definition) is 0. The summed E-state index contributed by atoms with van der Waals surface area (Å²) in [6.07, 6.45) is 6.59. The molecule has 1 atom stereocenters. The van der Waals surface area contributed by atoms with Gasteiger partial charge in [0.2, 0.25) is 5.91 Å². The van der Waals surface area contributed by atoms with Gasteiger partial charge in [0.1, 0.15) is 5.76 Å². The molecule has 0 aliphatic carbocycles. The lowest BCUT2D eigenvalue weighted by Gasteiger charge is -2.24. The SMILES string of the molecule is Cc1ccc(C(Cc2ccco2)C(=O)N(C)CCc2ccncc2)cc1. The van der Waals surface area contributed by atoms with E-state index in [0.717, 1.165) is 17.7 Å². The number of hydrogen-bond acceptors (Lipinski definition) is 3. The summed E-state index contributed by atoms with van der Waals surface area (Å²) in [7, 11) is 1.87. The van der Waals surface area contributed by atoms with Crippen molar-refractivity contribution < 1.29 is 9.21 Å². The van der Waals surface area contributed by atoms with E-state index in [1.165, 1.54) is 11.1 Å². The molecule has 3 rings (SSSR count). The van der Waals surface area contributed by atoms with Crippen LogP contribution in [0.5, 0.6) is 0 Å². The Morgan fingerprint density at radius 1 is 1.12 bits per heavy atom. The number of aromatic nitrogens is 1. The van der Waals surface area contributed by atoms with Gasteiger partial charge in [-0.15, -0.1) is 0 Å². The van der Waals surface area contributed by atoms with Gasteiger partial charge in [0.05, 0.1) is 12.2 Å². The van der Waals surface area contributed by atoms with Crippen LogP contribution < -0.4 is 0 Å². The van der Waals surface area contributed by atoms with E-state index in [0.29, 0.717) is 13.0 Å². The van der Waals surface area contributed by atoms with Crippen LogP contribution in [0.25, 0.3) is 0 Å². The second kappa shape index (κ2) is 8.48. The Morgan fingerprint density at radius 3 is 2.50 bits per heavy atom. The first-order valence-electron chi connectivity index (χ1n) is 8.86. The van der Waals surface area contributed by atoms with Crippen LogP contribution >= 0.6 is 0 Å². The maximum atomic E-state index is 13.1. The molecule has 3 aromatic rings. The lowest BCUT2D eigenvalue weighted by molar-refractivity contribution is -0.131. The fourth-order valence-corrected chi connectivity index (χ4v) is 3.00. The molecule has 26 heavy (non-hydrogen) atoms. The van der Waals surface area contributed by atoms with Crippen LogP contribution in [0.3, 0.4) is 0 Å². The number of benzene rings is 1. The van der Waals surface area contributed by atoms with Gasteiger partial charge in [-0.2, -0.15) is 0 Å². The maximum absolute atomic E-state index is 13.1. The van der Waals surface area contributed by atoms with Gasteiger partial charge in [-0.3, -0.25) is 9.78 Å². The molecule has 0 spiro atoms. The topological polar surface area (TPSA) is 46.3 Å². The summed E-state index contributed by atoms with van der Waals surface area (Å²) >= 11 is 0. The largest absolute Gasteiger partial charge is 0.469 e. The molecule has 0 fully saturated rings. The molecule has 0 bridgehead atoms. The van der Waals surface area contributed by atoms with E-state index in [9.17, 15) is 4.79 Å². The fourth-order valence-electron chi connectivity index (χ4n) is 3.00. The van der Waals surface area contributed by atoms with Crippen molar-refractivity contribution >= 4 is 5.91 Å². The predicted molar refractivity (Wildman–Crippen MR) is 102 cm³/mol. The number of rotatable bonds is 7. The number of pyridine rings is 1. The third-order valence-corrected chi connectivity index (χ3v) is 4.62. The maximum Gasteiger partial charge on any atom is 0.230 e. The molecule has 0 saturated heterocycles. The number of carbonyl (C=O) groups is 1. The van der Waals surface area contributed by atoms with Gasteiger partial charge in [-0.1, -0.05) is 29.8 Å². The summed E-state index contributed by atoms with van der Waals surface area (Å²) in [5, 5.41) is 0. The number of carbonyl (C=O) groups excluding carboxylic acids is 1. The highest BCUT2D eigenvalue weighted by Crippen LogP contribution is 2.24. The number of likely N-dealkylation sites (N-methyl/N-ethyl adjacent to an activating group) is 1. The van der Waals surface area contributed by atoms with Gasteiger partial charge in [-0.25, -0.2) is 0 Å². The smallest absolute Gasteiger partial charge is 0.230 e. The first kappa shape index (κ1) is 17.9. The molecule has 1 unspecified atom stereocenters. The number of amides is 1. The highest BCUT2D eigenvalue weighted by Gasteiger charge is 2.25. The van der Waals surface area contributed by atoms with E-state index in [4.69, 9.17) is 4.42 Å². The molecule has 0 aliphatic heterocycles. The Labute approximate surface area is 154 Å². The molecule has 4 heteroatoms. The highest BCUT2D eigenvalue weighted by atomic mass is 16.3. The minimum absolute atomic E-state index is 0.110. The Balaban J connectivity index is 1.74. The van der Waals surface area contributed by atoms with Crippen LogP contribution in [0.15, 0.2) is 71.6 Å². The van der Waals surface area contributed by atoms with Gasteiger partial charge in [-0.05, 0) is 48.7 Å². The van der Waals surface area contributed by atoms with E-state index in [2.05, 4.69) is 17.1 Å². The zero-order valence-electron chi connectivity index (χ0n) is 15.3. The monoisotopic (exact) mass is 348 g/mol. The van der Waals surface area contributed by atoms with Gasteiger partial charge in [0.25, 0.3) is 0 Å². The summed E-state index contributed by atoms with van der Waals surface area (Å²) in [4.78, 5) is 19.0. The van der Waals surface area contributed by atoms with Crippen LogP contribution in [0.1, 0.15) is 28.4 Å². The predicted octanol–water partition coefficient (Wildman–Crippen LogP) is 4.01. The molecule has 0 N–H and O–H groups in total. The van der Waals surface area contributed by atoms with E-state index >= 15 is 0 Å². The van der Waals surface area contributed by atoms with Crippen molar-refractivity contribution in [1.29, 1.82) is 0 Å². The standard InChI is InChI=1S/C22H24N2O2/c1-17-5-7-19(8-6-17)21(16-20-4-3-15-26-20)22(25)24(2)14-11-18-9-12-23-13-10-18/h3-10,12-13,15,21H,11,14,16H2,1-2H3. The normalized spacial score (nSPS) is 11.9. The highest BCUT2D eigenvalue weighted by molar-refractivity contribution is 5.83. The van der Waals surface area contributed by atoms with Crippen molar-refractivity contribution in [2.75, 3.05) is 13.6 Å². The summed E-state index contributed by atoms with van der Waals surface area (Å²) in [5.41, 5.74) is 3.38. The number of nitrogens with zero attached hydrogens (tertiary/aromatic N) is 2. The Bertz CT molecular complexity index is 811. The molecule has 0 saturated carbocycles. The average molecular weight is 348 g/mol. The van der Waals surface area contributed by atoms with E-state index in [1.807, 2.05) is 55.3 Å². The molecule has 2 heterocycles. The summed E-state index contributed by atoms with van der Waals surface area (Å²) in [6, 6.07) is 15.9. The molecule has 1 aromatic carbocycles. The first-order valence-corrected chi connectivity index (χ1v) is 8.86.